The highest BCUT2D eigenvalue weighted by Gasteiger charge is 2.02. The van der Waals surface area contributed by atoms with E-state index in [9.17, 15) is 9.00 Å². The first kappa shape index (κ1) is 9.37. The Labute approximate surface area is 75.5 Å². The van der Waals surface area contributed by atoms with E-state index in [2.05, 4.69) is 4.74 Å². The van der Waals surface area contributed by atoms with Crippen LogP contribution < -0.4 is 4.74 Å². The molecule has 0 aliphatic heterocycles. The lowest BCUT2D eigenvalue weighted by Gasteiger charge is -1.88. The fourth-order valence-electron chi connectivity index (χ4n) is 0.681. The summed E-state index contributed by atoms with van der Waals surface area (Å²) >= 11 is -0.627. The van der Waals surface area contributed by atoms with Gasteiger partial charge in [0.05, 0.1) is 5.75 Å². The third-order valence-corrected chi connectivity index (χ3v) is 2.53. The Morgan fingerprint density at radius 2 is 2.50 bits per heavy atom. The Kier molecular flexibility index (Phi) is 3.39. The standard InChI is InChI=1S/C6H6O4S2/c7-4-10-6-1-5(2-11-6)3-12(8)9/h1-2,4H,3H2,(H,8,9). The maximum Gasteiger partial charge on any atom is 0.299 e. The Balaban J connectivity index is 2.63. The fourth-order valence-corrected chi connectivity index (χ4v) is 1.97. The van der Waals surface area contributed by atoms with Crippen LogP contribution in [-0.2, 0) is 21.6 Å². The van der Waals surface area contributed by atoms with E-state index in [-0.39, 0.29) is 5.75 Å². The minimum absolute atomic E-state index is 0.0682. The molecule has 12 heavy (non-hydrogen) atoms. The lowest BCUT2D eigenvalue weighted by molar-refractivity contribution is -0.120. The molecule has 0 spiro atoms. The molecule has 0 amide bonds. The lowest BCUT2D eigenvalue weighted by Crippen LogP contribution is -1.90. The fraction of sp³-hybridized carbons (Fsp3) is 0.167. The first-order valence-corrected chi connectivity index (χ1v) is 5.13. The first-order chi connectivity index (χ1) is 5.72. The second kappa shape index (κ2) is 4.34. The highest BCUT2D eigenvalue weighted by molar-refractivity contribution is 7.78. The summed E-state index contributed by atoms with van der Waals surface area (Å²) in [5.41, 5.74) is 0.692. The SMILES string of the molecule is O=COc1cc(CS(=O)O)cs1. The molecule has 0 aromatic carbocycles. The van der Waals surface area contributed by atoms with Crippen LogP contribution in [0.25, 0.3) is 0 Å². The van der Waals surface area contributed by atoms with Crippen molar-refractivity contribution in [3.05, 3.63) is 17.0 Å². The molecule has 0 fully saturated rings. The Bertz CT molecular complexity index is 293. The molecule has 1 aromatic heterocycles. The van der Waals surface area contributed by atoms with Crippen LogP contribution in [0.3, 0.4) is 0 Å². The average molecular weight is 206 g/mol. The maximum atomic E-state index is 10.3. The molecule has 66 valence electrons. The van der Waals surface area contributed by atoms with Crippen LogP contribution in [0, 0.1) is 0 Å². The van der Waals surface area contributed by atoms with Crippen LogP contribution in [0.5, 0.6) is 5.06 Å². The molecule has 0 saturated carbocycles. The van der Waals surface area contributed by atoms with Crippen LogP contribution in [-0.4, -0.2) is 15.2 Å². The van der Waals surface area contributed by atoms with E-state index in [0.717, 1.165) is 0 Å². The number of carbonyl (C=O) groups is 1. The topological polar surface area (TPSA) is 63.6 Å². The van der Waals surface area contributed by atoms with Crippen LogP contribution in [0.15, 0.2) is 11.4 Å². The third kappa shape index (κ3) is 2.72. The molecule has 0 bridgehead atoms. The van der Waals surface area contributed by atoms with Gasteiger partial charge in [-0.3, -0.25) is 4.79 Å². The van der Waals surface area contributed by atoms with Crippen molar-refractivity contribution >= 4 is 28.9 Å². The molecule has 0 aliphatic rings. The van der Waals surface area contributed by atoms with Gasteiger partial charge in [0.1, 0.15) is 0 Å². The molecule has 1 atom stereocenters. The first-order valence-electron chi connectivity index (χ1n) is 2.97. The van der Waals surface area contributed by atoms with E-state index >= 15 is 0 Å². The molecule has 1 heterocycles. The van der Waals surface area contributed by atoms with Gasteiger partial charge in [0.25, 0.3) is 6.47 Å². The van der Waals surface area contributed by atoms with Crippen LogP contribution >= 0.6 is 11.3 Å². The molecule has 0 aliphatic carbocycles. The quantitative estimate of drug-likeness (QED) is 0.589. The van der Waals surface area contributed by atoms with Gasteiger partial charge in [0, 0.05) is 0 Å². The summed E-state index contributed by atoms with van der Waals surface area (Å²) in [5.74, 6) is 0.0682. The number of carbonyl (C=O) groups excluding carboxylic acids is 1. The van der Waals surface area contributed by atoms with Gasteiger partial charge in [0.15, 0.2) is 16.1 Å². The number of hydrogen-bond acceptors (Lipinski definition) is 4. The number of hydrogen-bond donors (Lipinski definition) is 1. The number of ether oxygens (including phenoxy) is 1. The molecule has 6 heteroatoms. The van der Waals surface area contributed by atoms with Gasteiger partial charge in [-0.25, -0.2) is 4.21 Å². The molecule has 1 aromatic rings. The van der Waals surface area contributed by atoms with E-state index in [1.54, 1.807) is 11.4 Å². The highest BCUT2D eigenvalue weighted by Crippen LogP contribution is 2.22. The van der Waals surface area contributed by atoms with Crippen molar-refractivity contribution in [3.63, 3.8) is 0 Å². The van der Waals surface area contributed by atoms with E-state index in [1.165, 1.54) is 11.3 Å². The lowest BCUT2D eigenvalue weighted by atomic mass is 10.4. The maximum absolute atomic E-state index is 10.3. The van der Waals surface area contributed by atoms with Gasteiger partial charge in [-0.1, -0.05) is 0 Å². The van der Waals surface area contributed by atoms with Gasteiger partial charge in [-0.15, -0.1) is 11.3 Å². The summed E-state index contributed by atoms with van der Waals surface area (Å²) in [6.07, 6.45) is 0. The van der Waals surface area contributed by atoms with Gasteiger partial charge < -0.3 is 9.29 Å². The number of rotatable bonds is 4. The Hall–Kier alpha value is -0.720. The second-order valence-corrected chi connectivity index (χ2v) is 3.76. The predicted octanol–water partition coefficient (Wildman–Crippen LogP) is 1.00. The summed E-state index contributed by atoms with van der Waals surface area (Å²) < 4.78 is 23.4. The minimum Gasteiger partial charge on any atom is -0.418 e. The van der Waals surface area contributed by atoms with Crippen molar-refractivity contribution in [1.82, 2.24) is 0 Å². The summed E-state index contributed by atoms with van der Waals surface area (Å²) in [7, 11) is 0. The summed E-state index contributed by atoms with van der Waals surface area (Å²) in [6, 6.07) is 1.56. The van der Waals surface area contributed by atoms with Gasteiger partial charge >= 0.3 is 0 Å². The minimum atomic E-state index is -1.84. The largest absolute Gasteiger partial charge is 0.418 e. The van der Waals surface area contributed by atoms with E-state index in [1.807, 2.05) is 0 Å². The van der Waals surface area contributed by atoms with E-state index in [0.29, 0.717) is 17.1 Å². The van der Waals surface area contributed by atoms with Crippen molar-refractivity contribution in [2.75, 3.05) is 0 Å². The zero-order chi connectivity index (χ0) is 8.97. The third-order valence-electron chi connectivity index (χ3n) is 1.08. The van der Waals surface area contributed by atoms with Gasteiger partial charge in [-0.05, 0) is 17.0 Å². The van der Waals surface area contributed by atoms with E-state index in [4.69, 9.17) is 4.55 Å². The average Bonchev–Trinajstić information content (AvgIpc) is 2.36. The summed E-state index contributed by atoms with van der Waals surface area (Å²) in [4.78, 5) is 9.88. The molecular weight excluding hydrogens is 200 g/mol. The Morgan fingerprint density at radius 3 is 3.08 bits per heavy atom. The van der Waals surface area contributed by atoms with Crippen LogP contribution in [0.2, 0.25) is 0 Å². The van der Waals surface area contributed by atoms with Crippen molar-refractivity contribution in [1.29, 1.82) is 0 Å². The molecule has 1 unspecified atom stereocenters. The second-order valence-electron chi connectivity index (χ2n) is 1.95. The summed E-state index contributed by atoms with van der Waals surface area (Å²) in [6.45, 7) is 0.325. The van der Waals surface area contributed by atoms with Crippen molar-refractivity contribution in [3.8, 4) is 5.06 Å². The van der Waals surface area contributed by atoms with Crippen molar-refractivity contribution in [2.24, 2.45) is 0 Å². The molecule has 0 saturated heterocycles. The van der Waals surface area contributed by atoms with Crippen molar-refractivity contribution < 1.29 is 18.3 Å². The monoisotopic (exact) mass is 206 g/mol. The Morgan fingerprint density at radius 1 is 1.75 bits per heavy atom. The van der Waals surface area contributed by atoms with Gasteiger partial charge in [-0.2, -0.15) is 0 Å². The number of thiophene rings is 1. The molecular formula is C6H6O4S2. The van der Waals surface area contributed by atoms with Gasteiger partial charge in [0.2, 0.25) is 0 Å². The predicted molar refractivity (Wildman–Crippen MR) is 45.5 cm³/mol. The zero-order valence-corrected chi connectivity index (χ0v) is 7.56. The molecule has 1 rings (SSSR count). The molecule has 1 N–H and O–H groups in total. The summed E-state index contributed by atoms with van der Waals surface area (Å²) in [5, 5.41) is 2.11. The van der Waals surface area contributed by atoms with Crippen LogP contribution in [0.4, 0.5) is 0 Å². The van der Waals surface area contributed by atoms with E-state index < -0.39 is 11.1 Å². The zero-order valence-electron chi connectivity index (χ0n) is 5.93. The highest BCUT2D eigenvalue weighted by atomic mass is 32.2. The molecule has 4 nitrogen and oxygen atoms in total. The van der Waals surface area contributed by atoms with Crippen molar-refractivity contribution in [2.45, 2.75) is 5.75 Å². The molecule has 0 radical (unpaired) electrons. The van der Waals surface area contributed by atoms with Crippen LogP contribution in [0.1, 0.15) is 5.56 Å². The normalized spacial score (nSPS) is 12.4. The smallest absolute Gasteiger partial charge is 0.299 e.